The van der Waals surface area contributed by atoms with Crippen molar-refractivity contribution in [2.24, 2.45) is 0 Å². The molecule has 0 bridgehead atoms. The van der Waals surface area contributed by atoms with Gasteiger partial charge in [0.05, 0.1) is 34.4 Å². The van der Waals surface area contributed by atoms with Crippen LogP contribution in [0.15, 0.2) is 36.5 Å². The molecular weight excluding hydrogens is 770 g/mol. The second kappa shape index (κ2) is 44.3. The first kappa shape index (κ1) is 58.7. The first-order valence-corrected chi connectivity index (χ1v) is 26.7. The van der Waals surface area contributed by atoms with Gasteiger partial charge >= 0.3 is 13.8 Å². The number of hydrogen-bond acceptors (Lipinski definition) is 6. The molecule has 2 atom stereocenters. The predicted octanol–water partition coefficient (Wildman–Crippen LogP) is 15.3. The molecule has 354 valence electrons. The highest BCUT2D eigenvalue weighted by molar-refractivity contribution is 7.47. The number of likely N-dealkylation sites (N-methyl/N-ethyl adjacent to an activating group) is 1. The Kier molecular flexibility index (Phi) is 43.4. The summed E-state index contributed by atoms with van der Waals surface area (Å²) in [4.78, 5) is 23.0. The number of hydrogen-bond donors (Lipinski definition) is 1. The quantitative estimate of drug-likeness (QED) is 0.0214. The maximum absolute atomic E-state index is 12.7. The van der Waals surface area contributed by atoms with Crippen LogP contribution in [0.3, 0.4) is 0 Å². The third kappa shape index (κ3) is 47.8. The fraction of sp³-hybridized carbons (Fsp3) is 0.863. The first-order valence-electron chi connectivity index (χ1n) is 25.2. The summed E-state index contributed by atoms with van der Waals surface area (Å²) in [5.41, 5.74) is 0. The second-order valence-electron chi connectivity index (χ2n) is 18.2. The normalized spacial score (nSPS) is 13.9. The van der Waals surface area contributed by atoms with Crippen molar-refractivity contribution in [1.29, 1.82) is 0 Å². The molecule has 0 amide bonds. The van der Waals surface area contributed by atoms with Crippen LogP contribution in [-0.2, 0) is 27.9 Å². The van der Waals surface area contributed by atoms with E-state index in [1.165, 1.54) is 148 Å². The summed E-state index contributed by atoms with van der Waals surface area (Å²) < 4.78 is 35.1. The SMILES string of the molecule is CCCCC/C=C\C/C=C\C/C=C\CCCCCCCCC(=O)OC(COCCCCCCCCCCCCCCCCCCCCC)COP(=O)(O)OCC[N+](C)(C)C. The minimum Gasteiger partial charge on any atom is -0.457 e. The van der Waals surface area contributed by atoms with Crippen molar-refractivity contribution in [3.05, 3.63) is 36.5 Å². The van der Waals surface area contributed by atoms with Crippen molar-refractivity contribution in [2.45, 2.75) is 232 Å². The van der Waals surface area contributed by atoms with Crippen LogP contribution in [0.2, 0.25) is 0 Å². The van der Waals surface area contributed by atoms with Gasteiger partial charge < -0.3 is 18.9 Å². The lowest BCUT2D eigenvalue weighted by Crippen LogP contribution is -2.37. The summed E-state index contributed by atoms with van der Waals surface area (Å²) in [5.74, 6) is -0.323. The highest BCUT2D eigenvalue weighted by atomic mass is 31.2. The van der Waals surface area contributed by atoms with Gasteiger partial charge in [0.15, 0.2) is 0 Å². The molecule has 0 saturated heterocycles. The Morgan fingerprint density at radius 2 is 0.917 bits per heavy atom. The number of nitrogens with zero attached hydrogens (tertiary/aromatic N) is 1. The molecule has 1 N–H and O–H groups in total. The number of rotatable bonds is 47. The molecule has 0 saturated carbocycles. The maximum atomic E-state index is 12.7. The Bertz CT molecular complexity index is 1060. The molecule has 0 spiro atoms. The number of phosphoric ester groups is 1. The van der Waals surface area contributed by atoms with Crippen LogP contribution in [0, 0.1) is 0 Å². The topological polar surface area (TPSA) is 91.3 Å². The van der Waals surface area contributed by atoms with Gasteiger partial charge in [-0.1, -0.05) is 204 Å². The fourth-order valence-electron chi connectivity index (χ4n) is 7.03. The van der Waals surface area contributed by atoms with Crippen molar-refractivity contribution in [2.75, 3.05) is 54.1 Å². The lowest BCUT2D eigenvalue weighted by atomic mass is 10.0. The minimum atomic E-state index is -4.28. The summed E-state index contributed by atoms with van der Waals surface area (Å²) in [7, 11) is 1.66. The van der Waals surface area contributed by atoms with E-state index >= 15 is 0 Å². The molecule has 0 aliphatic rings. The van der Waals surface area contributed by atoms with Gasteiger partial charge in [0.1, 0.15) is 19.3 Å². The standard InChI is InChI=1S/C51H98NO7P/c1-6-8-10-12-14-16-18-20-22-24-26-28-30-32-34-36-38-40-42-44-51(53)59-50(49-58-60(54,55)57-47-45-52(3,4)5)48-56-46-43-41-39-37-35-33-31-29-27-25-23-21-19-17-15-13-11-9-7-2/h14,16,20,22,26,28,50H,6-13,15,17-19,21,23-25,27,29-49H2,1-5H3/p+1/b16-14-,22-20-,28-26-. The molecule has 0 aromatic rings. The molecule has 8 nitrogen and oxygen atoms in total. The van der Waals surface area contributed by atoms with Gasteiger partial charge in [0, 0.05) is 13.0 Å². The molecule has 60 heavy (non-hydrogen) atoms. The number of esters is 1. The Balaban J connectivity index is 4.17. The molecule has 2 unspecified atom stereocenters. The van der Waals surface area contributed by atoms with Crippen molar-refractivity contribution in [3.8, 4) is 0 Å². The Morgan fingerprint density at radius 3 is 1.40 bits per heavy atom. The van der Waals surface area contributed by atoms with E-state index < -0.39 is 13.9 Å². The minimum absolute atomic E-state index is 0.0868. The number of carbonyl (C=O) groups is 1. The number of carbonyl (C=O) groups excluding carboxylic acids is 1. The van der Waals surface area contributed by atoms with Crippen molar-refractivity contribution >= 4 is 13.8 Å². The van der Waals surface area contributed by atoms with Crippen LogP contribution in [0.25, 0.3) is 0 Å². The lowest BCUT2D eigenvalue weighted by Gasteiger charge is -2.24. The average molecular weight is 869 g/mol. The van der Waals surface area contributed by atoms with E-state index in [1.807, 2.05) is 21.1 Å². The zero-order valence-corrected chi connectivity index (χ0v) is 41.1. The van der Waals surface area contributed by atoms with Crippen molar-refractivity contribution in [1.82, 2.24) is 0 Å². The van der Waals surface area contributed by atoms with E-state index in [4.69, 9.17) is 18.5 Å². The number of quaternary nitrogens is 1. The van der Waals surface area contributed by atoms with E-state index in [0.717, 1.165) is 57.8 Å². The maximum Gasteiger partial charge on any atom is 0.472 e. The van der Waals surface area contributed by atoms with Crippen LogP contribution in [0.5, 0.6) is 0 Å². The summed E-state index contributed by atoms with van der Waals surface area (Å²) in [6.07, 6.45) is 53.2. The summed E-state index contributed by atoms with van der Waals surface area (Å²) in [6, 6.07) is 0. The summed E-state index contributed by atoms with van der Waals surface area (Å²) in [6.45, 7) is 5.62. The van der Waals surface area contributed by atoms with Gasteiger partial charge in [-0.2, -0.15) is 0 Å². The monoisotopic (exact) mass is 869 g/mol. The summed E-state index contributed by atoms with van der Waals surface area (Å²) >= 11 is 0. The molecule has 0 aromatic carbocycles. The Morgan fingerprint density at radius 1 is 0.517 bits per heavy atom. The third-order valence-electron chi connectivity index (χ3n) is 11.0. The largest absolute Gasteiger partial charge is 0.472 e. The van der Waals surface area contributed by atoms with Crippen molar-refractivity contribution < 1.29 is 37.3 Å². The fourth-order valence-corrected chi connectivity index (χ4v) is 7.77. The van der Waals surface area contributed by atoms with Gasteiger partial charge in [-0.3, -0.25) is 13.8 Å². The Labute approximate surface area is 372 Å². The molecule has 0 radical (unpaired) electrons. The average Bonchev–Trinajstić information content (AvgIpc) is 3.20. The number of allylic oxidation sites excluding steroid dienone is 6. The van der Waals surface area contributed by atoms with E-state index in [1.54, 1.807) is 0 Å². The first-order chi connectivity index (χ1) is 29.1. The van der Waals surface area contributed by atoms with Crippen LogP contribution < -0.4 is 0 Å². The molecule has 0 aliphatic heterocycles. The molecule has 0 heterocycles. The third-order valence-corrected chi connectivity index (χ3v) is 11.9. The van der Waals surface area contributed by atoms with E-state index in [0.29, 0.717) is 24.1 Å². The second-order valence-corrected chi connectivity index (χ2v) is 19.7. The highest BCUT2D eigenvalue weighted by Crippen LogP contribution is 2.43. The van der Waals surface area contributed by atoms with Crippen molar-refractivity contribution in [3.63, 3.8) is 0 Å². The highest BCUT2D eigenvalue weighted by Gasteiger charge is 2.26. The van der Waals surface area contributed by atoms with E-state index in [2.05, 4.69) is 50.3 Å². The molecular formula is C51H99NO7P+. The van der Waals surface area contributed by atoms with Crippen LogP contribution in [0.1, 0.15) is 226 Å². The molecule has 0 aliphatic carbocycles. The molecule has 0 rings (SSSR count). The number of ether oxygens (including phenoxy) is 2. The zero-order chi connectivity index (χ0) is 44.1. The van der Waals surface area contributed by atoms with E-state index in [9.17, 15) is 14.3 Å². The predicted molar refractivity (Wildman–Crippen MR) is 256 cm³/mol. The molecule has 0 aromatic heterocycles. The van der Waals surface area contributed by atoms with Crippen LogP contribution >= 0.6 is 7.82 Å². The van der Waals surface area contributed by atoms with Gasteiger partial charge in [0.25, 0.3) is 0 Å². The van der Waals surface area contributed by atoms with Gasteiger partial charge in [-0.15, -0.1) is 0 Å². The van der Waals surface area contributed by atoms with Crippen LogP contribution in [0.4, 0.5) is 0 Å². The lowest BCUT2D eigenvalue weighted by molar-refractivity contribution is -0.870. The summed E-state index contributed by atoms with van der Waals surface area (Å²) in [5, 5.41) is 0. The van der Waals surface area contributed by atoms with Crippen LogP contribution in [-0.4, -0.2) is 75.6 Å². The smallest absolute Gasteiger partial charge is 0.457 e. The van der Waals surface area contributed by atoms with Gasteiger partial charge in [-0.05, 0) is 51.4 Å². The molecule has 9 heteroatoms. The number of phosphoric acid groups is 1. The Hall–Kier alpha value is -1.28. The van der Waals surface area contributed by atoms with Gasteiger partial charge in [-0.25, -0.2) is 4.57 Å². The zero-order valence-electron chi connectivity index (χ0n) is 40.2. The molecule has 0 fully saturated rings. The van der Waals surface area contributed by atoms with E-state index in [-0.39, 0.29) is 25.8 Å². The number of unbranched alkanes of at least 4 members (excludes halogenated alkanes) is 27. The van der Waals surface area contributed by atoms with Gasteiger partial charge in [0.2, 0.25) is 0 Å².